The Bertz CT molecular complexity index is 473. The monoisotopic (exact) mass is 376 g/mol. The van der Waals surface area contributed by atoms with E-state index in [4.69, 9.17) is 4.74 Å². The lowest BCUT2D eigenvalue weighted by Gasteiger charge is -2.34. The Hall–Kier alpha value is -0.780. The molecule has 1 N–H and O–H groups in total. The SMILES string of the molecule is CNC1CCCN(C(=O)C(C)Oc2ccccc2Br)C1.Cl. The van der Waals surface area contributed by atoms with Crippen LogP contribution < -0.4 is 10.1 Å². The third kappa shape index (κ3) is 4.87. The highest BCUT2D eigenvalue weighted by molar-refractivity contribution is 9.10. The molecule has 1 amide bonds. The van der Waals surface area contributed by atoms with E-state index >= 15 is 0 Å². The summed E-state index contributed by atoms with van der Waals surface area (Å²) >= 11 is 3.43. The molecular weight excluding hydrogens is 356 g/mol. The van der Waals surface area contributed by atoms with Gasteiger partial charge in [0.25, 0.3) is 5.91 Å². The van der Waals surface area contributed by atoms with Gasteiger partial charge in [0.1, 0.15) is 5.75 Å². The van der Waals surface area contributed by atoms with Crippen LogP contribution >= 0.6 is 28.3 Å². The summed E-state index contributed by atoms with van der Waals surface area (Å²) in [6.45, 7) is 3.39. The van der Waals surface area contributed by atoms with E-state index in [1.807, 2.05) is 43.1 Å². The highest BCUT2D eigenvalue weighted by atomic mass is 79.9. The van der Waals surface area contributed by atoms with Gasteiger partial charge in [0.2, 0.25) is 0 Å². The zero-order valence-corrected chi connectivity index (χ0v) is 14.7. The van der Waals surface area contributed by atoms with Gasteiger partial charge in [0.05, 0.1) is 4.47 Å². The van der Waals surface area contributed by atoms with E-state index in [9.17, 15) is 4.79 Å². The second-order valence-electron chi connectivity index (χ2n) is 5.10. The second-order valence-corrected chi connectivity index (χ2v) is 5.96. The number of piperidine rings is 1. The van der Waals surface area contributed by atoms with Crippen LogP contribution in [0.3, 0.4) is 0 Å². The maximum Gasteiger partial charge on any atom is 0.263 e. The minimum absolute atomic E-state index is 0. The number of amides is 1. The van der Waals surface area contributed by atoms with Gasteiger partial charge in [-0.15, -0.1) is 12.4 Å². The van der Waals surface area contributed by atoms with Crippen LogP contribution in [-0.4, -0.2) is 43.1 Å². The van der Waals surface area contributed by atoms with Gasteiger partial charge in [-0.3, -0.25) is 4.79 Å². The highest BCUT2D eigenvalue weighted by Gasteiger charge is 2.27. The molecule has 4 nitrogen and oxygen atoms in total. The van der Waals surface area contributed by atoms with E-state index in [2.05, 4.69) is 21.2 Å². The van der Waals surface area contributed by atoms with E-state index < -0.39 is 6.10 Å². The first-order valence-corrected chi connectivity index (χ1v) is 7.78. The molecule has 1 aromatic carbocycles. The average molecular weight is 378 g/mol. The first-order valence-electron chi connectivity index (χ1n) is 6.99. The predicted octanol–water partition coefficient (Wildman–Crippen LogP) is 2.85. The Labute approximate surface area is 140 Å². The van der Waals surface area contributed by atoms with Crippen molar-refractivity contribution in [2.24, 2.45) is 0 Å². The smallest absolute Gasteiger partial charge is 0.263 e. The molecule has 2 rings (SSSR count). The molecule has 6 heteroatoms. The molecular formula is C15H22BrClN2O2. The van der Waals surface area contributed by atoms with Crippen LogP contribution in [0.15, 0.2) is 28.7 Å². The van der Waals surface area contributed by atoms with Gasteiger partial charge in [0, 0.05) is 19.1 Å². The zero-order valence-electron chi connectivity index (χ0n) is 12.3. The van der Waals surface area contributed by atoms with Crippen molar-refractivity contribution in [1.29, 1.82) is 0 Å². The number of hydrogen-bond acceptors (Lipinski definition) is 3. The van der Waals surface area contributed by atoms with Gasteiger partial charge in [-0.25, -0.2) is 0 Å². The predicted molar refractivity (Wildman–Crippen MR) is 90.1 cm³/mol. The average Bonchev–Trinajstić information content (AvgIpc) is 2.48. The fraction of sp³-hybridized carbons (Fsp3) is 0.533. The number of nitrogens with zero attached hydrogens (tertiary/aromatic N) is 1. The van der Waals surface area contributed by atoms with Gasteiger partial charge in [-0.2, -0.15) is 0 Å². The third-order valence-corrected chi connectivity index (χ3v) is 4.28. The maximum atomic E-state index is 12.4. The molecule has 0 bridgehead atoms. The number of carbonyl (C=O) groups excluding carboxylic acids is 1. The first kappa shape index (κ1) is 18.3. The molecule has 21 heavy (non-hydrogen) atoms. The van der Waals surface area contributed by atoms with E-state index in [-0.39, 0.29) is 18.3 Å². The summed E-state index contributed by atoms with van der Waals surface area (Å²) in [6.07, 6.45) is 1.70. The molecule has 1 aliphatic rings. The lowest BCUT2D eigenvalue weighted by atomic mass is 10.1. The van der Waals surface area contributed by atoms with E-state index in [0.717, 1.165) is 30.4 Å². The van der Waals surface area contributed by atoms with Crippen LogP contribution in [0, 0.1) is 0 Å². The molecule has 0 spiro atoms. The van der Waals surface area contributed by atoms with E-state index in [0.29, 0.717) is 11.8 Å². The molecule has 0 aromatic heterocycles. The number of nitrogens with one attached hydrogen (secondary N) is 1. The third-order valence-electron chi connectivity index (χ3n) is 3.63. The topological polar surface area (TPSA) is 41.6 Å². The van der Waals surface area contributed by atoms with Crippen molar-refractivity contribution in [3.8, 4) is 5.75 Å². The van der Waals surface area contributed by atoms with Gasteiger partial charge in [-0.05, 0) is 54.9 Å². The van der Waals surface area contributed by atoms with Gasteiger partial charge < -0.3 is 15.0 Å². The summed E-state index contributed by atoms with van der Waals surface area (Å²) in [5.41, 5.74) is 0. The normalized spacial score (nSPS) is 19.6. The number of halogens is 2. The van der Waals surface area contributed by atoms with Crippen molar-refractivity contribution in [2.45, 2.75) is 31.9 Å². The van der Waals surface area contributed by atoms with Crippen molar-refractivity contribution in [1.82, 2.24) is 10.2 Å². The zero-order chi connectivity index (χ0) is 14.5. The second kappa shape index (κ2) is 8.61. The summed E-state index contributed by atoms with van der Waals surface area (Å²) in [5, 5.41) is 3.24. The van der Waals surface area contributed by atoms with Crippen molar-refractivity contribution in [2.75, 3.05) is 20.1 Å². The standard InChI is InChI=1S/C15H21BrN2O2.ClH/c1-11(20-14-8-4-3-7-13(14)16)15(19)18-9-5-6-12(10-18)17-2;/h3-4,7-8,11-12,17H,5-6,9-10H2,1-2H3;1H. The molecule has 118 valence electrons. The number of ether oxygens (including phenoxy) is 1. The lowest BCUT2D eigenvalue weighted by molar-refractivity contribution is -0.139. The number of likely N-dealkylation sites (N-methyl/N-ethyl adjacent to an activating group) is 1. The Balaban J connectivity index is 0.00000220. The number of likely N-dealkylation sites (tertiary alicyclic amines) is 1. The quantitative estimate of drug-likeness (QED) is 0.877. The summed E-state index contributed by atoms with van der Waals surface area (Å²) in [7, 11) is 1.94. The number of carbonyl (C=O) groups is 1. The Morgan fingerprint density at radius 1 is 1.48 bits per heavy atom. The Morgan fingerprint density at radius 2 is 2.19 bits per heavy atom. The molecule has 1 saturated heterocycles. The van der Waals surface area contributed by atoms with Gasteiger partial charge in [0.15, 0.2) is 6.10 Å². The number of rotatable bonds is 4. The van der Waals surface area contributed by atoms with Crippen LogP contribution in [0.1, 0.15) is 19.8 Å². The fourth-order valence-corrected chi connectivity index (χ4v) is 2.83. The maximum absolute atomic E-state index is 12.4. The largest absolute Gasteiger partial charge is 0.480 e. The van der Waals surface area contributed by atoms with E-state index in [1.54, 1.807) is 0 Å². The molecule has 1 fully saturated rings. The van der Waals surface area contributed by atoms with Gasteiger partial charge in [-0.1, -0.05) is 12.1 Å². The molecule has 2 unspecified atom stereocenters. The van der Waals surface area contributed by atoms with Crippen LogP contribution in [0.5, 0.6) is 5.75 Å². The first-order chi connectivity index (χ1) is 9.61. The van der Waals surface area contributed by atoms with Crippen molar-refractivity contribution in [3.63, 3.8) is 0 Å². The molecule has 0 radical (unpaired) electrons. The van der Waals surface area contributed by atoms with Crippen LogP contribution in [0.25, 0.3) is 0 Å². The van der Waals surface area contributed by atoms with Crippen molar-refractivity contribution >= 4 is 34.2 Å². The summed E-state index contributed by atoms with van der Waals surface area (Å²) in [5.74, 6) is 0.760. The number of benzene rings is 1. The fourth-order valence-electron chi connectivity index (χ4n) is 2.45. The molecule has 0 aliphatic carbocycles. The molecule has 1 aromatic rings. The molecule has 0 saturated carbocycles. The molecule has 1 aliphatic heterocycles. The number of hydrogen-bond donors (Lipinski definition) is 1. The summed E-state index contributed by atoms with van der Waals surface area (Å²) in [4.78, 5) is 14.3. The summed E-state index contributed by atoms with van der Waals surface area (Å²) in [6, 6.07) is 7.98. The Morgan fingerprint density at radius 3 is 2.86 bits per heavy atom. The minimum atomic E-state index is -0.468. The van der Waals surface area contributed by atoms with E-state index in [1.165, 1.54) is 0 Å². The Kier molecular flexibility index (Phi) is 7.49. The lowest BCUT2D eigenvalue weighted by Crippen LogP contribution is -2.50. The van der Waals surface area contributed by atoms with Crippen molar-refractivity contribution < 1.29 is 9.53 Å². The van der Waals surface area contributed by atoms with Crippen LogP contribution in [-0.2, 0) is 4.79 Å². The van der Waals surface area contributed by atoms with Crippen LogP contribution in [0.4, 0.5) is 0 Å². The van der Waals surface area contributed by atoms with Gasteiger partial charge >= 0.3 is 0 Å². The summed E-state index contributed by atoms with van der Waals surface area (Å²) < 4.78 is 6.64. The molecule has 1 heterocycles. The molecule has 2 atom stereocenters. The van der Waals surface area contributed by atoms with Crippen LogP contribution in [0.2, 0.25) is 0 Å². The minimum Gasteiger partial charge on any atom is -0.480 e. The highest BCUT2D eigenvalue weighted by Crippen LogP contribution is 2.25. The van der Waals surface area contributed by atoms with Crippen molar-refractivity contribution in [3.05, 3.63) is 28.7 Å². The number of para-hydroxylation sites is 1.